The van der Waals surface area contributed by atoms with Crippen molar-refractivity contribution < 1.29 is 28.5 Å². The van der Waals surface area contributed by atoms with Gasteiger partial charge < -0.3 is 23.7 Å². The van der Waals surface area contributed by atoms with Crippen molar-refractivity contribution in [1.29, 1.82) is 0 Å². The molecule has 6 rings (SSSR count). The molecule has 0 aliphatic heterocycles. The van der Waals surface area contributed by atoms with Gasteiger partial charge in [0.25, 0.3) is 5.19 Å². The number of thiazole rings is 1. The fourth-order valence-electron chi connectivity index (χ4n) is 4.30. The molecule has 1 aliphatic carbocycles. The first kappa shape index (κ1) is 23.5. The summed E-state index contributed by atoms with van der Waals surface area (Å²) in [6, 6.07) is 5.53. The molecular formula is C25H22N4O6S2. The van der Waals surface area contributed by atoms with E-state index in [4.69, 9.17) is 23.6 Å². The highest BCUT2D eigenvalue weighted by Gasteiger charge is 2.23. The number of carbonyl (C=O) groups is 1. The summed E-state index contributed by atoms with van der Waals surface area (Å²) in [7, 11) is 3.16. The quantitative estimate of drug-likeness (QED) is 0.272. The molecule has 4 aromatic heterocycles. The van der Waals surface area contributed by atoms with Crippen LogP contribution < -0.4 is 14.2 Å². The Morgan fingerprint density at radius 1 is 1.27 bits per heavy atom. The third-order valence-corrected chi connectivity index (χ3v) is 8.12. The number of furan rings is 1. The zero-order chi connectivity index (χ0) is 25.5. The molecule has 1 atom stereocenters. The monoisotopic (exact) mass is 538 g/mol. The van der Waals surface area contributed by atoms with E-state index in [0.717, 1.165) is 21.7 Å². The Labute approximate surface area is 218 Å². The lowest BCUT2D eigenvalue weighted by molar-refractivity contribution is -0.141. The van der Waals surface area contributed by atoms with Gasteiger partial charge in [-0.25, -0.2) is 9.97 Å². The van der Waals surface area contributed by atoms with Gasteiger partial charge in [0.15, 0.2) is 5.76 Å². The van der Waals surface area contributed by atoms with E-state index in [9.17, 15) is 9.90 Å². The number of hydrogen-bond acceptors (Lipinski definition) is 10. The van der Waals surface area contributed by atoms with Crippen LogP contribution >= 0.6 is 22.7 Å². The molecule has 0 radical (unpaired) electrons. The van der Waals surface area contributed by atoms with Gasteiger partial charge in [-0.3, -0.25) is 4.79 Å². The predicted octanol–water partition coefficient (Wildman–Crippen LogP) is 5.52. The van der Waals surface area contributed by atoms with Gasteiger partial charge in [-0.2, -0.15) is 4.52 Å². The second-order valence-electron chi connectivity index (χ2n) is 8.53. The Morgan fingerprint density at radius 2 is 2.16 bits per heavy atom. The molecule has 190 valence electrons. The SMILES string of the molecule is COc1cc(OCc2csc(C3=CCC(C(=O)O)CC3)n2)c2cc(-c3cnc4sc(OC)nn34)oc2c1. The van der Waals surface area contributed by atoms with E-state index < -0.39 is 5.97 Å². The number of rotatable bonds is 8. The highest BCUT2D eigenvalue weighted by molar-refractivity contribution is 7.18. The third-order valence-electron chi connectivity index (χ3n) is 6.26. The van der Waals surface area contributed by atoms with E-state index in [1.54, 1.807) is 36.3 Å². The number of hydrogen-bond donors (Lipinski definition) is 1. The van der Waals surface area contributed by atoms with Crippen molar-refractivity contribution in [2.75, 3.05) is 14.2 Å². The lowest BCUT2D eigenvalue weighted by Gasteiger charge is -2.16. The van der Waals surface area contributed by atoms with E-state index in [-0.39, 0.29) is 12.5 Å². The van der Waals surface area contributed by atoms with Crippen molar-refractivity contribution >= 4 is 50.1 Å². The molecule has 37 heavy (non-hydrogen) atoms. The van der Waals surface area contributed by atoms with Crippen LogP contribution in [-0.4, -0.2) is 44.9 Å². The summed E-state index contributed by atoms with van der Waals surface area (Å²) in [5, 5.41) is 17.8. The number of aromatic nitrogens is 4. The molecule has 1 unspecified atom stereocenters. The van der Waals surface area contributed by atoms with Crippen molar-refractivity contribution in [3.05, 3.63) is 46.6 Å². The number of benzene rings is 1. The van der Waals surface area contributed by atoms with E-state index >= 15 is 0 Å². The minimum atomic E-state index is -0.737. The van der Waals surface area contributed by atoms with Crippen LogP contribution in [0, 0.1) is 5.92 Å². The number of carboxylic acids is 1. The second kappa shape index (κ2) is 9.52. The number of fused-ring (bicyclic) bond motifs is 2. The van der Waals surface area contributed by atoms with Crippen molar-refractivity contribution in [2.24, 2.45) is 5.92 Å². The van der Waals surface area contributed by atoms with Crippen molar-refractivity contribution in [3.8, 4) is 28.1 Å². The Hall–Kier alpha value is -3.90. The van der Waals surface area contributed by atoms with Crippen LogP contribution in [0.25, 0.3) is 33.0 Å². The van der Waals surface area contributed by atoms with Crippen LogP contribution in [0.4, 0.5) is 0 Å². The van der Waals surface area contributed by atoms with Crippen LogP contribution in [0.1, 0.15) is 30.0 Å². The van der Waals surface area contributed by atoms with Crippen LogP contribution in [0.3, 0.4) is 0 Å². The minimum Gasteiger partial charge on any atom is -0.496 e. The van der Waals surface area contributed by atoms with Gasteiger partial charge in [0.05, 0.1) is 37.4 Å². The lowest BCUT2D eigenvalue weighted by atomic mass is 9.90. The Kier molecular flexibility index (Phi) is 6.05. The number of aliphatic carboxylic acids is 1. The first-order valence-corrected chi connectivity index (χ1v) is 13.2. The summed E-state index contributed by atoms with van der Waals surface area (Å²) < 4.78 is 24.7. The van der Waals surface area contributed by atoms with E-state index in [2.05, 4.69) is 10.1 Å². The number of methoxy groups -OCH3 is 2. The van der Waals surface area contributed by atoms with E-state index in [1.807, 2.05) is 29.7 Å². The molecule has 4 heterocycles. The number of nitrogens with zero attached hydrogens (tertiary/aromatic N) is 4. The van der Waals surface area contributed by atoms with Gasteiger partial charge >= 0.3 is 5.97 Å². The summed E-state index contributed by atoms with van der Waals surface area (Å²) in [5.74, 6) is 0.763. The molecule has 0 amide bonds. The van der Waals surface area contributed by atoms with Crippen LogP contribution in [0.5, 0.6) is 16.7 Å². The molecule has 0 spiro atoms. The molecule has 0 saturated heterocycles. The maximum absolute atomic E-state index is 11.2. The normalized spacial score (nSPS) is 15.7. The molecule has 1 N–H and O–H groups in total. The predicted molar refractivity (Wildman–Crippen MR) is 139 cm³/mol. The summed E-state index contributed by atoms with van der Waals surface area (Å²) in [5.41, 5.74) is 3.21. The number of imidazole rings is 1. The molecule has 10 nitrogen and oxygen atoms in total. The smallest absolute Gasteiger partial charge is 0.306 e. The average molecular weight is 539 g/mol. The Bertz CT molecular complexity index is 1650. The first-order chi connectivity index (χ1) is 18.0. The van der Waals surface area contributed by atoms with Gasteiger partial charge in [-0.15, -0.1) is 16.4 Å². The molecule has 12 heteroatoms. The van der Waals surface area contributed by atoms with E-state index in [1.165, 1.54) is 11.3 Å². The van der Waals surface area contributed by atoms with Gasteiger partial charge in [0, 0.05) is 17.5 Å². The standard InChI is InChI=1S/C25H22N4O6S2/c1-32-16-7-19(34-11-15-12-36-22(27-15)13-3-5-14(6-4-13)23(30)31)17-9-21(35-20(17)8-16)18-10-26-24-29(18)28-25(33-2)37-24/h3,7-10,12,14H,4-6,11H2,1-2H3,(H,30,31). The van der Waals surface area contributed by atoms with Crippen molar-refractivity contribution in [2.45, 2.75) is 25.9 Å². The molecule has 1 aromatic carbocycles. The molecule has 0 fully saturated rings. The molecule has 5 aromatic rings. The number of allylic oxidation sites excluding steroid dienone is 2. The zero-order valence-electron chi connectivity index (χ0n) is 20.0. The zero-order valence-corrected chi connectivity index (χ0v) is 21.6. The summed E-state index contributed by atoms with van der Waals surface area (Å²) in [6.45, 7) is 0.268. The first-order valence-electron chi connectivity index (χ1n) is 11.5. The fraction of sp³-hybridized carbons (Fsp3) is 0.280. The number of ether oxygens (including phenoxy) is 3. The summed E-state index contributed by atoms with van der Waals surface area (Å²) in [4.78, 5) is 21.0. The second-order valence-corrected chi connectivity index (χ2v) is 10.3. The molecular weight excluding hydrogens is 516 g/mol. The van der Waals surface area contributed by atoms with Crippen LogP contribution in [0.2, 0.25) is 0 Å². The minimum absolute atomic E-state index is 0.268. The van der Waals surface area contributed by atoms with Crippen LogP contribution in [-0.2, 0) is 11.4 Å². The van der Waals surface area contributed by atoms with Gasteiger partial charge in [0.1, 0.15) is 34.4 Å². The number of carboxylic acid groups (broad SMARTS) is 1. The summed E-state index contributed by atoms with van der Waals surface area (Å²) >= 11 is 2.89. The van der Waals surface area contributed by atoms with E-state index in [0.29, 0.717) is 58.0 Å². The molecule has 1 aliphatic rings. The average Bonchev–Trinajstić information content (AvgIpc) is 3.70. The Balaban J connectivity index is 1.25. The fourth-order valence-corrected chi connectivity index (χ4v) is 5.87. The highest BCUT2D eigenvalue weighted by Crippen LogP contribution is 2.38. The maximum Gasteiger partial charge on any atom is 0.306 e. The van der Waals surface area contributed by atoms with Gasteiger partial charge in [0.2, 0.25) is 4.96 Å². The highest BCUT2D eigenvalue weighted by atomic mass is 32.1. The third kappa shape index (κ3) is 4.42. The largest absolute Gasteiger partial charge is 0.496 e. The molecule has 0 bridgehead atoms. The van der Waals surface area contributed by atoms with Crippen molar-refractivity contribution in [1.82, 2.24) is 19.6 Å². The van der Waals surface area contributed by atoms with Crippen molar-refractivity contribution in [3.63, 3.8) is 0 Å². The lowest BCUT2D eigenvalue weighted by Crippen LogP contribution is -2.15. The topological polar surface area (TPSA) is 121 Å². The van der Waals surface area contributed by atoms with Gasteiger partial charge in [-0.1, -0.05) is 6.08 Å². The Morgan fingerprint density at radius 3 is 2.92 bits per heavy atom. The van der Waals surface area contributed by atoms with Crippen LogP contribution in [0.15, 0.2) is 40.3 Å². The molecule has 0 saturated carbocycles. The van der Waals surface area contributed by atoms with Gasteiger partial charge in [-0.05, 0) is 42.2 Å². The maximum atomic E-state index is 11.2. The summed E-state index contributed by atoms with van der Waals surface area (Å²) in [6.07, 6.45) is 5.59.